The van der Waals surface area contributed by atoms with E-state index in [1.807, 2.05) is 0 Å². The predicted octanol–water partition coefficient (Wildman–Crippen LogP) is -0.531. The Balaban J connectivity index is 2.49. The van der Waals surface area contributed by atoms with Crippen LogP contribution in [0.4, 0.5) is 4.39 Å². The molecule has 0 radical (unpaired) electrons. The fraction of sp³-hybridized carbons (Fsp3) is 0.500. The van der Waals surface area contributed by atoms with E-state index in [2.05, 4.69) is 15.0 Å². The molecule has 1 rings (SSSR count). The summed E-state index contributed by atoms with van der Waals surface area (Å²) >= 11 is 0. The Hall–Kier alpha value is -1.09. The molecule has 1 atom stereocenters. The van der Waals surface area contributed by atoms with Gasteiger partial charge in [-0.15, -0.1) is 0 Å². The number of pyridine rings is 1. The number of aliphatic hydroxyl groups is 1. The number of nitrogens with zero attached hydrogens (tertiary/aromatic N) is 1. The largest absolute Gasteiger partial charge is 0.392 e. The van der Waals surface area contributed by atoms with Crippen LogP contribution in [-0.4, -0.2) is 44.2 Å². The number of sulfonamides is 1. The fourth-order valence-electron chi connectivity index (χ4n) is 1.22. The van der Waals surface area contributed by atoms with Crippen LogP contribution in [0.1, 0.15) is 6.92 Å². The smallest absolute Gasteiger partial charge is 0.261 e. The van der Waals surface area contributed by atoms with Gasteiger partial charge < -0.3 is 10.4 Å². The topological polar surface area (TPSA) is 91.3 Å². The Morgan fingerprint density at radius 2 is 2.22 bits per heavy atom. The standard InChI is InChI=1S/C10H16FN3O3S/c1-8(15)7-12-5-6-14-18(16,17)10-9(11)3-2-4-13-10/h2-4,8,12,14-15H,5-7H2,1H3. The van der Waals surface area contributed by atoms with Crippen LogP contribution >= 0.6 is 0 Å². The van der Waals surface area contributed by atoms with E-state index in [0.29, 0.717) is 13.1 Å². The number of aliphatic hydroxyl groups excluding tert-OH is 1. The zero-order chi connectivity index (χ0) is 13.6. The summed E-state index contributed by atoms with van der Waals surface area (Å²) in [6, 6.07) is 2.35. The minimum absolute atomic E-state index is 0.0884. The van der Waals surface area contributed by atoms with Gasteiger partial charge in [-0.25, -0.2) is 22.5 Å². The van der Waals surface area contributed by atoms with E-state index in [-0.39, 0.29) is 6.54 Å². The van der Waals surface area contributed by atoms with Crippen LogP contribution in [0.15, 0.2) is 23.4 Å². The minimum atomic E-state index is -3.93. The van der Waals surface area contributed by atoms with Crippen molar-refractivity contribution < 1.29 is 17.9 Å². The molecule has 1 unspecified atom stereocenters. The first-order valence-corrected chi connectivity index (χ1v) is 6.91. The molecular weight excluding hydrogens is 261 g/mol. The van der Waals surface area contributed by atoms with Gasteiger partial charge in [-0.2, -0.15) is 0 Å². The Morgan fingerprint density at radius 3 is 2.83 bits per heavy atom. The monoisotopic (exact) mass is 277 g/mol. The number of hydrogen-bond acceptors (Lipinski definition) is 5. The Morgan fingerprint density at radius 1 is 1.50 bits per heavy atom. The van der Waals surface area contributed by atoms with E-state index < -0.39 is 27.0 Å². The molecule has 0 aliphatic rings. The molecule has 6 nitrogen and oxygen atoms in total. The van der Waals surface area contributed by atoms with Crippen LogP contribution in [0.3, 0.4) is 0 Å². The molecule has 1 aromatic heterocycles. The molecule has 0 saturated heterocycles. The van der Waals surface area contributed by atoms with Gasteiger partial charge in [-0.05, 0) is 19.1 Å². The van der Waals surface area contributed by atoms with Gasteiger partial charge in [0.2, 0.25) is 5.03 Å². The van der Waals surface area contributed by atoms with Crippen molar-refractivity contribution in [3.63, 3.8) is 0 Å². The van der Waals surface area contributed by atoms with E-state index >= 15 is 0 Å². The van der Waals surface area contributed by atoms with Crippen molar-refractivity contribution in [2.45, 2.75) is 18.1 Å². The molecule has 3 N–H and O–H groups in total. The van der Waals surface area contributed by atoms with Crippen LogP contribution in [0.2, 0.25) is 0 Å². The Bertz CT molecular complexity index is 479. The van der Waals surface area contributed by atoms with Crippen molar-refractivity contribution in [2.24, 2.45) is 0 Å². The molecule has 8 heteroatoms. The van der Waals surface area contributed by atoms with Crippen LogP contribution in [0, 0.1) is 5.82 Å². The van der Waals surface area contributed by atoms with Crippen molar-refractivity contribution in [3.05, 3.63) is 24.1 Å². The van der Waals surface area contributed by atoms with Crippen LogP contribution < -0.4 is 10.0 Å². The number of halogens is 1. The SMILES string of the molecule is CC(O)CNCCNS(=O)(=O)c1ncccc1F. The average molecular weight is 277 g/mol. The maximum absolute atomic E-state index is 13.2. The molecule has 102 valence electrons. The molecule has 1 aromatic rings. The molecule has 18 heavy (non-hydrogen) atoms. The molecule has 0 amide bonds. The molecule has 0 aromatic carbocycles. The van der Waals surface area contributed by atoms with Gasteiger partial charge in [-0.3, -0.25) is 0 Å². The van der Waals surface area contributed by atoms with Gasteiger partial charge in [0.15, 0.2) is 5.82 Å². The highest BCUT2D eigenvalue weighted by molar-refractivity contribution is 7.89. The first-order chi connectivity index (χ1) is 8.43. The highest BCUT2D eigenvalue weighted by Gasteiger charge is 2.19. The summed E-state index contributed by atoms with van der Waals surface area (Å²) in [6.45, 7) is 2.39. The van der Waals surface area contributed by atoms with Crippen molar-refractivity contribution in [2.75, 3.05) is 19.6 Å². The highest BCUT2D eigenvalue weighted by Crippen LogP contribution is 2.08. The van der Waals surface area contributed by atoms with Gasteiger partial charge in [-0.1, -0.05) is 0 Å². The van der Waals surface area contributed by atoms with E-state index in [1.165, 1.54) is 12.3 Å². The van der Waals surface area contributed by atoms with Crippen LogP contribution in [0.5, 0.6) is 0 Å². The fourth-order valence-corrected chi connectivity index (χ4v) is 2.25. The van der Waals surface area contributed by atoms with Crippen molar-refractivity contribution in [1.82, 2.24) is 15.0 Å². The molecular formula is C10H16FN3O3S. The molecule has 0 spiro atoms. The first kappa shape index (κ1) is 15.0. The second-order valence-corrected chi connectivity index (χ2v) is 5.42. The zero-order valence-electron chi connectivity index (χ0n) is 9.93. The van der Waals surface area contributed by atoms with Gasteiger partial charge >= 0.3 is 0 Å². The third kappa shape index (κ3) is 4.65. The molecule has 1 heterocycles. The summed E-state index contributed by atoms with van der Waals surface area (Å²) in [5, 5.41) is 11.2. The molecule has 0 fully saturated rings. The number of aromatic nitrogens is 1. The van der Waals surface area contributed by atoms with Crippen molar-refractivity contribution in [3.8, 4) is 0 Å². The number of rotatable bonds is 7. The molecule has 0 bridgehead atoms. The summed E-state index contributed by atoms with van der Waals surface area (Å²) in [7, 11) is -3.93. The summed E-state index contributed by atoms with van der Waals surface area (Å²) in [5.74, 6) is -0.887. The molecule has 0 saturated carbocycles. The average Bonchev–Trinajstić information content (AvgIpc) is 2.28. The second kappa shape index (κ2) is 6.74. The van der Waals surface area contributed by atoms with Crippen molar-refractivity contribution in [1.29, 1.82) is 0 Å². The summed E-state index contributed by atoms with van der Waals surface area (Å²) < 4.78 is 38.8. The lowest BCUT2D eigenvalue weighted by molar-refractivity contribution is 0.192. The molecule has 0 aliphatic carbocycles. The van der Waals surface area contributed by atoms with E-state index in [1.54, 1.807) is 6.92 Å². The Labute approximate surface area is 105 Å². The van der Waals surface area contributed by atoms with Crippen molar-refractivity contribution >= 4 is 10.0 Å². The normalized spacial score (nSPS) is 13.5. The lowest BCUT2D eigenvalue weighted by atomic mass is 10.4. The lowest BCUT2D eigenvalue weighted by Gasteiger charge is -2.08. The maximum Gasteiger partial charge on any atom is 0.261 e. The summed E-state index contributed by atoms with van der Waals surface area (Å²) in [6.07, 6.45) is 0.707. The van der Waals surface area contributed by atoms with Gasteiger partial charge in [0.05, 0.1) is 6.10 Å². The summed E-state index contributed by atoms with van der Waals surface area (Å²) in [5.41, 5.74) is 0. The first-order valence-electron chi connectivity index (χ1n) is 5.42. The molecule has 0 aliphatic heterocycles. The minimum Gasteiger partial charge on any atom is -0.392 e. The van der Waals surface area contributed by atoms with E-state index in [4.69, 9.17) is 5.11 Å². The number of nitrogens with one attached hydrogen (secondary N) is 2. The van der Waals surface area contributed by atoms with Gasteiger partial charge in [0.25, 0.3) is 10.0 Å². The van der Waals surface area contributed by atoms with E-state index in [0.717, 1.165) is 6.07 Å². The quantitative estimate of drug-likeness (QED) is 0.583. The highest BCUT2D eigenvalue weighted by atomic mass is 32.2. The van der Waals surface area contributed by atoms with Gasteiger partial charge in [0, 0.05) is 25.8 Å². The third-order valence-corrected chi connectivity index (χ3v) is 3.41. The van der Waals surface area contributed by atoms with Gasteiger partial charge in [0.1, 0.15) is 0 Å². The third-order valence-electron chi connectivity index (χ3n) is 2.01. The maximum atomic E-state index is 13.2. The lowest BCUT2D eigenvalue weighted by Crippen LogP contribution is -2.35. The van der Waals surface area contributed by atoms with E-state index in [9.17, 15) is 12.8 Å². The van der Waals surface area contributed by atoms with Crippen LogP contribution in [0.25, 0.3) is 0 Å². The number of hydrogen-bond donors (Lipinski definition) is 3. The predicted molar refractivity (Wildman–Crippen MR) is 63.9 cm³/mol. The Kier molecular flexibility index (Phi) is 5.60. The second-order valence-electron chi connectivity index (χ2n) is 3.74. The zero-order valence-corrected chi connectivity index (χ0v) is 10.7. The summed E-state index contributed by atoms with van der Waals surface area (Å²) in [4.78, 5) is 3.49. The van der Waals surface area contributed by atoms with Crippen LogP contribution in [-0.2, 0) is 10.0 Å².